The molecular formula is C27H29FN8O. The molecule has 0 aliphatic carbocycles. The highest BCUT2D eigenvalue weighted by Crippen LogP contribution is 2.26. The molecule has 1 aliphatic rings. The van der Waals surface area contributed by atoms with E-state index in [9.17, 15) is 4.39 Å². The van der Waals surface area contributed by atoms with E-state index in [-0.39, 0.29) is 5.82 Å². The highest BCUT2D eigenvalue weighted by atomic mass is 19.1. The van der Waals surface area contributed by atoms with Gasteiger partial charge in [-0.25, -0.2) is 13.9 Å². The van der Waals surface area contributed by atoms with Gasteiger partial charge in [0.1, 0.15) is 17.7 Å². The van der Waals surface area contributed by atoms with Crippen LogP contribution in [0.2, 0.25) is 0 Å². The maximum atomic E-state index is 13.6. The highest BCUT2D eigenvalue weighted by molar-refractivity contribution is 5.85. The van der Waals surface area contributed by atoms with Crippen LogP contribution in [0.4, 0.5) is 15.9 Å². The predicted molar refractivity (Wildman–Crippen MR) is 140 cm³/mol. The van der Waals surface area contributed by atoms with Crippen LogP contribution in [-0.2, 0) is 17.8 Å². The standard InChI is InChI=1S/C27H29FN8O/c28-23-3-1-2-20(14-23)18-36-25-5-4-24(15-22(25)17-31-36)33-27-26-21(6-8-35(26)32-19-30-27)16-29-7-9-34-10-12-37-13-11-34/h1-6,8,14-15,17,19,29H,7,9-13,16,18H2,(H,30,32,33). The number of anilines is 2. The van der Waals surface area contributed by atoms with Crippen LogP contribution in [0.5, 0.6) is 0 Å². The van der Waals surface area contributed by atoms with E-state index in [1.54, 1.807) is 12.4 Å². The molecule has 10 heteroatoms. The fraction of sp³-hybridized carbons (Fsp3) is 0.296. The number of ether oxygens (including phenoxy) is 1. The molecule has 0 atom stereocenters. The zero-order valence-corrected chi connectivity index (χ0v) is 20.5. The molecule has 0 radical (unpaired) electrons. The molecule has 1 saturated heterocycles. The van der Waals surface area contributed by atoms with Crippen LogP contribution < -0.4 is 10.6 Å². The largest absolute Gasteiger partial charge is 0.379 e. The van der Waals surface area contributed by atoms with Crippen molar-refractivity contribution in [3.63, 3.8) is 0 Å². The number of halogens is 1. The smallest absolute Gasteiger partial charge is 0.158 e. The predicted octanol–water partition coefficient (Wildman–Crippen LogP) is 3.43. The number of morpholine rings is 1. The lowest BCUT2D eigenvalue weighted by atomic mass is 10.2. The maximum Gasteiger partial charge on any atom is 0.158 e. The van der Waals surface area contributed by atoms with Gasteiger partial charge in [-0.2, -0.15) is 10.2 Å². The molecule has 3 aromatic heterocycles. The van der Waals surface area contributed by atoms with Crippen molar-refractivity contribution in [2.24, 2.45) is 0 Å². The molecule has 0 spiro atoms. The Morgan fingerprint density at radius 1 is 1.03 bits per heavy atom. The number of hydrogen-bond acceptors (Lipinski definition) is 7. The van der Waals surface area contributed by atoms with Gasteiger partial charge in [-0.15, -0.1) is 0 Å². The van der Waals surface area contributed by atoms with Gasteiger partial charge in [0.05, 0.1) is 31.5 Å². The van der Waals surface area contributed by atoms with Crippen LogP contribution >= 0.6 is 0 Å². The van der Waals surface area contributed by atoms with Gasteiger partial charge < -0.3 is 15.4 Å². The first-order chi connectivity index (χ1) is 18.2. The lowest BCUT2D eigenvalue weighted by Gasteiger charge is -2.26. The Labute approximate surface area is 213 Å². The van der Waals surface area contributed by atoms with E-state index >= 15 is 0 Å². The monoisotopic (exact) mass is 500 g/mol. The quantitative estimate of drug-likeness (QED) is 0.300. The summed E-state index contributed by atoms with van der Waals surface area (Å²) in [4.78, 5) is 6.95. The van der Waals surface area contributed by atoms with Crippen LogP contribution in [0.1, 0.15) is 11.1 Å². The minimum absolute atomic E-state index is 0.242. The summed E-state index contributed by atoms with van der Waals surface area (Å²) in [5.41, 5.74) is 4.84. The molecule has 1 aliphatic heterocycles. The second-order valence-electron chi connectivity index (χ2n) is 9.20. The Kier molecular flexibility index (Phi) is 6.76. The first-order valence-corrected chi connectivity index (χ1v) is 12.5. The third-order valence-electron chi connectivity index (χ3n) is 6.69. The number of rotatable bonds is 9. The molecule has 6 rings (SSSR count). The van der Waals surface area contributed by atoms with E-state index in [2.05, 4.69) is 36.8 Å². The van der Waals surface area contributed by atoms with Crippen LogP contribution in [0.15, 0.2) is 67.3 Å². The summed E-state index contributed by atoms with van der Waals surface area (Å²) < 4.78 is 22.7. The molecule has 0 unspecified atom stereocenters. The Bertz CT molecular complexity index is 1510. The van der Waals surface area contributed by atoms with Crippen molar-refractivity contribution < 1.29 is 9.13 Å². The van der Waals surface area contributed by atoms with E-state index in [0.717, 1.165) is 85.0 Å². The number of aromatic nitrogens is 5. The van der Waals surface area contributed by atoms with Gasteiger partial charge in [-0.1, -0.05) is 12.1 Å². The third-order valence-corrected chi connectivity index (χ3v) is 6.69. The minimum Gasteiger partial charge on any atom is -0.379 e. The van der Waals surface area contributed by atoms with Crippen molar-refractivity contribution in [1.82, 2.24) is 34.6 Å². The number of nitrogens with one attached hydrogen (secondary N) is 2. The fourth-order valence-corrected chi connectivity index (χ4v) is 4.77. The molecule has 2 N–H and O–H groups in total. The minimum atomic E-state index is -0.242. The SMILES string of the molecule is Fc1cccc(Cn2ncc3cc(Nc4ncnn5ccc(CNCCN6CCOCC6)c45)ccc32)c1. The second kappa shape index (κ2) is 10.6. The van der Waals surface area contributed by atoms with Crippen LogP contribution in [0, 0.1) is 5.82 Å². The van der Waals surface area contributed by atoms with Crippen molar-refractivity contribution in [3.05, 3.63) is 84.2 Å². The summed E-state index contributed by atoms with van der Waals surface area (Å²) >= 11 is 0. The first-order valence-electron chi connectivity index (χ1n) is 12.5. The number of fused-ring (bicyclic) bond motifs is 2. The summed E-state index contributed by atoms with van der Waals surface area (Å²) in [6.45, 7) is 6.76. The zero-order chi connectivity index (χ0) is 25.0. The summed E-state index contributed by atoms with van der Waals surface area (Å²) in [6.07, 6.45) is 5.35. The molecule has 0 bridgehead atoms. The highest BCUT2D eigenvalue weighted by Gasteiger charge is 2.13. The number of benzene rings is 2. The van der Waals surface area contributed by atoms with Gasteiger partial charge in [-0.05, 0) is 47.5 Å². The van der Waals surface area contributed by atoms with Gasteiger partial charge in [0.25, 0.3) is 0 Å². The normalized spacial score (nSPS) is 14.5. The molecule has 4 heterocycles. The van der Waals surface area contributed by atoms with Crippen molar-refractivity contribution in [2.75, 3.05) is 44.7 Å². The number of nitrogens with zero attached hydrogens (tertiary/aromatic N) is 6. The molecular weight excluding hydrogens is 471 g/mol. The molecule has 9 nitrogen and oxygen atoms in total. The van der Waals surface area contributed by atoms with Crippen LogP contribution in [0.25, 0.3) is 16.4 Å². The summed E-state index contributed by atoms with van der Waals surface area (Å²) in [5.74, 6) is 0.505. The Morgan fingerprint density at radius 3 is 2.84 bits per heavy atom. The second-order valence-corrected chi connectivity index (χ2v) is 9.20. The Morgan fingerprint density at radius 2 is 1.95 bits per heavy atom. The average molecular weight is 501 g/mol. The lowest BCUT2D eigenvalue weighted by Crippen LogP contribution is -2.40. The molecule has 0 saturated carbocycles. The van der Waals surface area contributed by atoms with Gasteiger partial charge in [-0.3, -0.25) is 9.58 Å². The molecule has 5 aromatic rings. The molecule has 2 aromatic carbocycles. The Balaban J connectivity index is 1.16. The maximum absolute atomic E-state index is 13.6. The van der Waals surface area contributed by atoms with Crippen molar-refractivity contribution in [2.45, 2.75) is 13.1 Å². The Hall–Kier alpha value is -3.86. The van der Waals surface area contributed by atoms with Crippen LogP contribution in [-0.4, -0.2) is 68.7 Å². The molecule has 37 heavy (non-hydrogen) atoms. The summed E-state index contributed by atoms with van der Waals surface area (Å²) in [6, 6.07) is 14.8. The van der Waals surface area contributed by atoms with Crippen molar-refractivity contribution in [3.8, 4) is 0 Å². The van der Waals surface area contributed by atoms with Gasteiger partial charge >= 0.3 is 0 Å². The first kappa shape index (κ1) is 23.5. The van der Waals surface area contributed by atoms with Gasteiger partial charge in [0.2, 0.25) is 0 Å². The molecule has 0 amide bonds. The van der Waals surface area contributed by atoms with E-state index in [1.807, 2.05) is 45.9 Å². The van der Waals surface area contributed by atoms with E-state index < -0.39 is 0 Å². The van der Waals surface area contributed by atoms with E-state index in [4.69, 9.17) is 4.74 Å². The van der Waals surface area contributed by atoms with E-state index in [1.165, 1.54) is 12.1 Å². The summed E-state index contributed by atoms with van der Waals surface area (Å²) in [7, 11) is 0. The molecule has 1 fully saturated rings. The summed E-state index contributed by atoms with van der Waals surface area (Å²) in [5, 5.41) is 16.9. The van der Waals surface area contributed by atoms with Gasteiger partial charge in [0, 0.05) is 50.0 Å². The van der Waals surface area contributed by atoms with E-state index in [0.29, 0.717) is 6.54 Å². The fourth-order valence-electron chi connectivity index (χ4n) is 4.77. The molecule has 190 valence electrons. The number of hydrogen-bond donors (Lipinski definition) is 2. The van der Waals surface area contributed by atoms with Crippen LogP contribution in [0.3, 0.4) is 0 Å². The van der Waals surface area contributed by atoms with Crippen molar-refractivity contribution >= 4 is 27.9 Å². The zero-order valence-electron chi connectivity index (χ0n) is 20.5. The third kappa shape index (κ3) is 5.31. The topological polar surface area (TPSA) is 84.5 Å². The average Bonchev–Trinajstić information content (AvgIpc) is 3.52. The lowest BCUT2D eigenvalue weighted by molar-refractivity contribution is 0.0384. The van der Waals surface area contributed by atoms with Crippen molar-refractivity contribution in [1.29, 1.82) is 0 Å². The van der Waals surface area contributed by atoms with Gasteiger partial charge in [0.15, 0.2) is 5.82 Å².